The molecule has 0 radical (unpaired) electrons. The first-order valence-corrected chi connectivity index (χ1v) is 10.4. The molecule has 2 N–H and O–H groups in total. The molecule has 0 saturated heterocycles. The molecule has 170 valence electrons. The van der Waals surface area contributed by atoms with Crippen LogP contribution in [0.1, 0.15) is 11.1 Å². The highest BCUT2D eigenvalue weighted by atomic mass is 16.5. The van der Waals surface area contributed by atoms with Gasteiger partial charge in [-0.05, 0) is 24.3 Å². The lowest BCUT2D eigenvalue weighted by Crippen LogP contribution is -2.09. The summed E-state index contributed by atoms with van der Waals surface area (Å²) in [6, 6.07) is 12.9. The number of nitrogens with one attached hydrogen (secondary N) is 2. The topological polar surface area (TPSA) is 132 Å². The lowest BCUT2D eigenvalue weighted by molar-refractivity contribution is 0.271. The van der Waals surface area contributed by atoms with Gasteiger partial charge in [-0.3, -0.25) is 0 Å². The van der Waals surface area contributed by atoms with Crippen molar-refractivity contribution in [3.05, 3.63) is 66.2 Å². The molecule has 11 heteroatoms. The molecule has 0 fully saturated rings. The van der Waals surface area contributed by atoms with Gasteiger partial charge in [0.15, 0.2) is 17.3 Å². The van der Waals surface area contributed by atoms with Crippen LogP contribution in [0.3, 0.4) is 0 Å². The van der Waals surface area contributed by atoms with E-state index in [1.807, 2.05) is 12.1 Å². The molecular weight excluding hydrogens is 436 g/mol. The van der Waals surface area contributed by atoms with Crippen molar-refractivity contribution in [2.45, 2.75) is 13.1 Å². The van der Waals surface area contributed by atoms with Crippen molar-refractivity contribution in [1.82, 2.24) is 25.0 Å². The lowest BCUT2D eigenvalue weighted by Gasteiger charge is -2.14. The molecule has 1 aliphatic rings. The van der Waals surface area contributed by atoms with Crippen LogP contribution >= 0.6 is 0 Å². The van der Waals surface area contributed by atoms with Crippen LogP contribution in [0.4, 0.5) is 17.2 Å². The predicted octanol–water partition coefficient (Wildman–Crippen LogP) is 3.49. The van der Waals surface area contributed by atoms with Crippen LogP contribution in [-0.4, -0.2) is 38.7 Å². The maximum absolute atomic E-state index is 9.16. The Kier molecular flexibility index (Phi) is 5.77. The van der Waals surface area contributed by atoms with Crippen LogP contribution in [0, 0.1) is 11.3 Å². The fourth-order valence-corrected chi connectivity index (χ4v) is 3.48. The third-order valence-corrected chi connectivity index (χ3v) is 5.13. The quantitative estimate of drug-likeness (QED) is 0.426. The van der Waals surface area contributed by atoms with E-state index in [0.29, 0.717) is 59.9 Å². The summed E-state index contributed by atoms with van der Waals surface area (Å²) in [5.74, 6) is 2.63. The van der Waals surface area contributed by atoms with Crippen LogP contribution in [0.25, 0.3) is 0 Å². The van der Waals surface area contributed by atoms with Crippen LogP contribution in [0.15, 0.2) is 55.1 Å². The van der Waals surface area contributed by atoms with E-state index in [0.717, 1.165) is 11.3 Å². The molecule has 0 spiro atoms. The maximum Gasteiger partial charge on any atom is 0.248 e. The number of benzene rings is 2. The normalized spacial score (nSPS) is 11.6. The summed E-state index contributed by atoms with van der Waals surface area (Å²) in [6.07, 6.45) is 4.80. The van der Waals surface area contributed by atoms with Gasteiger partial charge in [-0.25, -0.2) is 9.67 Å². The molecule has 0 atom stereocenters. The first-order valence-electron chi connectivity index (χ1n) is 10.4. The number of nitriles is 1. The Labute approximate surface area is 194 Å². The summed E-state index contributed by atoms with van der Waals surface area (Å²) in [5, 5.41) is 23.4. The lowest BCUT2D eigenvalue weighted by atomic mass is 10.1. The van der Waals surface area contributed by atoms with E-state index in [9.17, 15) is 0 Å². The minimum absolute atomic E-state index is 0.367. The second kappa shape index (κ2) is 9.33. The van der Waals surface area contributed by atoms with Gasteiger partial charge in [0.05, 0.1) is 31.5 Å². The summed E-state index contributed by atoms with van der Waals surface area (Å²) in [4.78, 5) is 8.66. The van der Waals surface area contributed by atoms with E-state index in [2.05, 4.69) is 37.0 Å². The standard InChI is InChI=1S/C23H20N8O3/c1-32-19-10-16-13-25-21-22(29-17-4-2-3-15(9-17)12-24)26-14-27-23(21)34-18(16)11-20(19)33-8-7-31-6-5-28-30-31/h2-6,9-11,14,25H,7-8,13H2,1H3,(H,26,27,29). The SMILES string of the molecule is COc1cc2c(cc1OCCn1ccnn1)Oc1ncnc(Nc3cccc(C#N)c3)c1NC2. The van der Waals surface area contributed by atoms with E-state index in [1.165, 1.54) is 6.33 Å². The molecule has 0 saturated carbocycles. The molecule has 1 aliphatic heterocycles. The largest absolute Gasteiger partial charge is 0.493 e. The number of ether oxygens (including phenoxy) is 3. The molecule has 2 aromatic heterocycles. The molecule has 4 aromatic rings. The smallest absolute Gasteiger partial charge is 0.248 e. The molecule has 0 amide bonds. The van der Waals surface area contributed by atoms with Crippen molar-refractivity contribution >= 4 is 17.2 Å². The maximum atomic E-state index is 9.16. The van der Waals surface area contributed by atoms with Gasteiger partial charge in [-0.15, -0.1) is 5.10 Å². The second-order valence-electron chi connectivity index (χ2n) is 7.30. The molecule has 34 heavy (non-hydrogen) atoms. The number of anilines is 3. The number of nitrogens with zero attached hydrogens (tertiary/aromatic N) is 6. The summed E-state index contributed by atoms with van der Waals surface area (Å²) in [7, 11) is 1.59. The van der Waals surface area contributed by atoms with E-state index < -0.39 is 0 Å². The average molecular weight is 456 g/mol. The number of hydrogen-bond acceptors (Lipinski definition) is 10. The third kappa shape index (κ3) is 4.37. The molecule has 2 aromatic carbocycles. The molecule has 3 heterocycles. The van der Waals surface area contributed by atoms with E-state index in [-0.39, 0.29) is 0 Å². The first-order chi connectivity index (χ1) is 16.7. The van der Waals surface area contributed by atoms with Crippen molar-refractivity contribution in [1.29, 1.82) is 5.26 Å². The van der Waals surface area contributed by atoms with Crippen molar-refractivity contribution in [3.63, 3.8) is 0 Å². The van der Waals surface area contributed by atoms with Crippen LogP contribution in [-0.2, 0) is 13.1 Å². The van der Waals surface area contributed by atoms with Gasteiger partial charge >= 0.3 is 0 Å². The summed E-state index contributed by atoms with van der Waals surface area (Å²) in [5.41, 5.74) is 2.75. The van der Waals surface area contributed by atoms with Gasteiger partial charge in [-0.2, -0.15) is 10.2 Å². The van der Waals surface area contributed by atoms with Crippen molar-refractivity contribution in [2.75, 3.05) is 24.4 Å². The fraction of sp³-hybridized carbons (Fsp3) is 0.174. The van der Waals surface area contributed by atoms with Gasteiger partial charge in [-0.1, -0.05) is 11.3 Å². The Morgan fingerprint density at radius 3 is 3.00 bits per heavy atom. The van der Waals surface area contributed by atoms with Gasteiger partial charge in [0.1, 0.15) is 24.4 Å². The fourth-order valence-electron chi connectivity index (χ4n) is 3.48. The molecule has 0 bridgehead atoms. The molecule has 11 nitrogen and oxygen atoms in total. The van der Waals surface area contributed by atoms with Gasteiger partial charge in [0.25, 0.3) is 0 Å². The van der Waals surface area contributed by atoms with Crippen LogP contribution in [0.5, 0.6) is 23.1 Å². The molecule has 5 rings (SSSR count). The highest BCUT2D eigenvalue weighted by Gasteiger charge is 2.22. The Hall–Kier alpha value is -4.85. The Morgan fingerprint density at radius 2 is 2.18 bits per heavy atom. The summed E-state index contributed by atoms with van der Waals surface area (Å²) >= 11 is 0. The monoisotopic (exact) mass is 456 g/mol. The minimum Gasteiger partial charge on any atom is -0.493 e. The number of aromatic nitrogens is 5. The van der Waals surface area contributed by atoms with Gasteiger partial charge in [0.2, 0.25) is 5.88 Å². The summed E-state index contributed by atoms with van der Waals surface area (Å²) < 4.78 is 19.3. The Balaban J connectivity index is 1.39. The number of methoxy groups -OCH3 is 1. The van der Waals surface area contributed by atoms with Crippen molar-refractivity contribution in [2.24, 2.45) is 0 Å². The minimum atomic E-state index is 0.367. The van der Waals surface area contributed by atoms with E-state index in [1.54, 1.807) is 48.5 Å². The zero-order chi connectivity index (χ0) is 23.3. The average Bonchev–Trinajstić information content (AvgIpc) is 3.31. The highest BCUT2D eigenvalue weighted by molar-refractivity contribution is 5.76. The molecule has 0 aliphatic carbocycles. The number of fused-ring (bicyclic) bond motifs is 2. The Morgan fingerprint density at radius 1 is 1.24 bits per heavy atom. The van der Waals surface area contributed by atoms with E-state index >= 15 is 0 Å². The van der Waals surface area contributed by atoms with Crippen molar-refractivity contribution in [3.8, 4) is 29.2 Å². The predicted molar refractivity (Wildman–Crippen MR) is 122 cm³/mol. The summed E-state index contributed by atoms with van der Waals surface area (Å²) in [6.45, 7) is 1.38. The van der Waals surface area contributed by atoms with E-state index in [4.69, 9.17) is 19.5 Å². The zero-order valence-corrected chi connectivity index (χ0v) is 18.2. The first kappa shape index (κ1) is 21.0. The Bertz CT molecular complexity index is 1350. The van der Waals surface area contributed by atoms with Crippen LogP contribution < -0.4 is 24.8 Å². The molecule has 0 unspecified atom stereocenters. The van der Waals surface area contributed by atoms with Gasteiger partial charge in [0, 0.05) is 30.1 Å². The number of rotatable bonds is 7. The van der Waals surface area contributed by atoms with Gasteiger partial charge < -0.3 is 24.8 Å². The third-order valence-electron chi connectivity index (χ3n) is 5.13. The zero-order valence-electron chi connectivity index (χ0n) is 18.2. The highest BCUT2D eigenvalue weighted by Crippen LogP contribution is 2.42. The molecular formula is C23H20N8O3. The van der Waals surface area contributed by atoms with Crippen LogP contribution in [0.2, 0.25) is 0 Å². The second-order valence-corrected chi connectivity index (χ2v) is 7.30. The van der Waals surface area contributed by atoms with Crippen molar-refractivity contribution < 1.29 is 14.2 Å². The number of hydrogen-bond donors (Lipinski definition) is 2.